The Morgan fingerprint density at radius 2 is 1.96 bits per heavy atom. The minimum absolute atomic E-state index is 0.181. The summed E-state index contributed by atoms with van der Waals surface area (Å²) >= 11 is 11.8. The van der Waals surface area contributed by atoms with Gasteiger partial charge in [0, 0.05) is 18.8 Å². The third-order valence-electron chi connectivity index (χ3n) is 4.19. The second kappa shape index (κ2) is 6.46. The molecule has 2 aliphatic rings. The predicted molar refractivity (Wildman–Crippen MR) is 91.9 cm³/mol. The molecule has 1 amide bonds. The number of sulfonamides is 1. The highest BCUT2D eigenvalue weighted by Crippen LogP contribution is 2.53. The standard InChI is InChI=1S/C15H18Cl2N2O4S/c1-10-2-3-11(18-14(20)12-9-15(12,16)17)8-13(10)24(21,22)19-4-6-23-7-5-19/h2-3,8,12H,4-7,9H2,1H3,(H,18,20). The van der Waals surface area contributed by atoms with Gasteiger partial charge in [0.15, 0.2) is 0 Å². The van der Waals surface area contributed by atoms with Crippen LogP contribution >= 0.6 is 23.2 Å². The topological polar surface area (TPSA) is 75.7 Å². The molecule has 1 aromatic rings. The maximum absolute atomic E-state index is 12.8. The fourth-order valence-electron chi connectivity index (χ4n) is 2.61. The van der Waals surface area contributed by atoms with Crippen LogP contribution in [0.4, 0.5) is 5.69 Å². The first-order chi connectivity index (χ1) is 11.2. The van der Waals surface area contributed by atoms with Crippen LogP contribution in [0.25, 0.3) is 0 Å². The molecule has 1 aromatic carbocycles. The molecule has 1 N–H and O–H groups in total. The molecule has 132 valence electrons. The highest BCUT2D eigenvalue weighted by molar-refractivity contribution is 7.89. The van der Waals surface area contributed by atoms with Gasteiger partial charge >= 0.3 is 0 Å². The van der Waals surface area contributed by atoms with Crippen LogP contribution in [0.5, 0.6) is 0 Å². The molecule has 9 heteroatoms. The lowest BCUT2D eigenvalue weighted by molar-refractivity contribution is -0.117. The molecule has 1 heterocycles. The number of rotatable bonds is 4. The van der Waals surface area contributed by atoms with Crippen molar-refractivity contribution < 1.29 is 17.9 Å². The second-order valence-electron chi connectivity index (χ2n) is 6.00. The van der Waals surface area contributed by atoms with Gasteiger partial charge in [-0.2, -0.15) is 4.31 Å². The first kappa shape index (κ1) is 17.9. The third kappa shape index (κ3) is 3.55. The molecule has 1 unspecified atom stereocenters. The molecule has 2 fully saturated rings. The summed E-state index contributed by atoms with van der Waals surface area (Å²) in [6.45, 7) is 3.12. The summed E-state index contributed by atoms with van der Waals surface area (Å²) in [6, 6.07) is 4.81. The second-order valence-corrected chi connectivity index (χ2v) is 9.45. The molecule has 0 aromatic heterocycles. The van der Waals surface area contributed by atoms with Gasteiger partial charge in [-0.3, -0.25) is 4.79 Å². The number of aryl methyl sites for hydroxylation is 1. The quantitative estimate of drug-likeness (QED) is 0.796. The van der Waals surface area contributed by atoms with Crippen molar-refractivity contribution in [1.82, 2.24) is 4.31 Å². The van der Waals surface area contributed by atoms with Crippen molar-refractivity contribution in [3.05, 3.63) is 23.8 Å². The van der Waals surface area contributed by atoms with Crippen LogP contribution in [-0.4, -0.2) is 49.3 Å². The normalized spacial score (nSPS) is 23.7. The van der Waals surface area contributed by atoms with Crippen molar-refractivity contribution in [3.8, 4) is 0 Å². The van der Waals surface area contributed by atoms with E-state index in [4.69, 9.17) is 27.9 Å². The Hall–Kier alpha value is -0.860. The number of nitrogens with zero attached hydrogens (tertiary/aromatic N) is 1. The number of benzene rings is 1. The van der Waals surface area contributed by atoms with E-state index < -0.39 is 20.3 Å². The highest BCUT2D eigenvalue weighted by Gasteiger charge is 2.56. The summed E-state index contributed by atoms with van der Waals surface area (Å²) in [5, 5.41) is 2.69. The molecular weight excluding hydrogens is 375 g/mol. The fourth-order valence-corrected chi connectivity index (χ4v) is 4.77. The summed E-state index contributed by atoms with van der Waals surface area (Å²) in [7, 11) is -3.63. The number of anilines is 1. The Bertz CT molecular complexity index is 761. The Labute approximate surface area is 151 Å². The Balaban J connectivity index is 1.82. The molecule has 0 spiro atoms. The average Bonchev–Trinajstić information content (AvgIpc) is 3.19. The number of nitrogens with one attached hydrogen (secondary N) is 1. The number of carbonyl (C=O) groups excluding carboxylic acids is 1. The number of hydrogen-bond donors (Lipinski definition) is 1. The van der Waals surface area contributed by atoms with Crippen molar-refractivity contribution >= 4 is 44.8 Å². The predicted octanol–water partition coefficient (Wildman–Crippen LogP) is 2.15. The monoisotopic (exact) mass is 392 g/mol. The number of ether oxygens (including phenoxy) is 1. The van der Waals surface area contributed by atoms with Crippen LogP contribution in [0, 0.1) is 12.8 Å². The number of amides is 1. The molecule has 0 bridgehead atoms. The molecule has 1 saturated carbocycles. The van der Waals surface area contributed by atoms with Gasteiger partial charge < -0.3 is 10.1 Å². The molecule has 1 aliphatic carbocycles. The van der Waals surface area contributed by atoms with E-state index in [0.717, 1.165) is 0 Å². The van der Waals surface area contributed by atoms with E-state index in [1.807, 2.05) is 0 Å². The van der Waals surface area contributed by atoms with Crippen molar-refractivity contribution in [2.24, 2.45) is 5.92 Å². The smallest absolute Gasteiger partial charge is 0.243 e. The van der Waals surface area contributed by atoms with E-state index in [-0.39, 0.29) is 10.8 Å². The van der Waals surface area contributed by atoms with Crippen molar-refractivity contribution in [1.29, 1.82) is 0 Å². The van der Waals surface area contributed by atoms with Crippen LogP contribution in [0.15, 0.2) is 23.1 Å². The zero-order chi connectivity index (χ0) is 17.5. The van der Waals surface area contributed by atoms with Crippen LogP contribution < -0.4 is 5.32 Å². The van der Waals surface area contributed by atoms with Gasteiger partial charge in [-0.1, -0.05) is 6.07 Å². The van der Waals surface area contributed by atoms with Gasteiger partial charge in [0.2, 0.25) is 15.9 Å². The van der Waals surface area contributed by atoms with Crippen LogP contribution in [0.3, 0.4) is 0 Å². The fraction of sp³-hybridized carbons (Fsp3) is 0.533. The molecule has 0 radical (unpaired) electrons. The van der Waals surface area contributed by atoms with Gasteiger partial charge in [0.1, 0.15) is 4.33 Å². The lowest BCUT2D eigenvalue weighted by Gasteiger charge is -2.26. The Kier molecular flexibility index (Phi) is 4.83. The number of halogens is 2. The van der Waals surface area contributed by atoms with E-state index >= 15 is 0 Å². The van der Waals surface area contributed by atoms with E-state index in [0.29, 0.717) is 44.0 Å². The van der Waals surface area contributed by atoms with Crippen LogP contribution in [0.2, 0.25) is 0 Å². The maximum Gasteiger partial charge on any atom is 0.243 e. The number of morpholine rings is 1. The van der Waals surface area contributed by atoms with E-state index in [1.54, 1.807) is 19.1 Å². The largest absolute Gasteiger partial charge is 0.379 e. The van der Waals surface area contributed by atoms with Gasteiger partial charge in [0.25, 0.3) is 0 Å². The van der Waals surface area contributed by atoms with Crippen molar-refractivity contribution in [2.45, 2.75) is 22.6 Å². The Morgan fingerprint density at radius 3 is 2.54 bits per heavy atom. The van der Waals surface area contributed by atoms with E-state index in [9.17, 15) is 13.2 Å². The molecule has 3 rings (SSSR count). The van der Waals surface area contributed by atoms with Crippen LogP contribution in [0.1, 0.15) is 12.0 Å². The molecular formula is C15H18Cl2N2O4S. The first-order valence-electron chi connectivity index (χ1n) is 7.59. The molecule has 1 atom stereocenters. The lowest BCUT2D eigenvalue weighted by atomic mass is 10.2. The van der Waals surface area contributed by atoms with Crippen molar-refractivity contribution in [2.75, 3.05) is 31.6 Å². The van der Waals surface area contributed by atoms with Gasteiger partial charge in [0.05, 0.1) is 24.0 Å². The molecule has 1 aliphatic heterocycles. The summed E-state index contributed by atoms with van der Waals surface area (Å²) in [5.41, 5.74) is 1.03. The summed E-state index contributed by atoms with van der Waals surface area (Å²) in [5.74, 6) is -0.778. The zero-order valence-corrected chi connectivity index (χ0v) is 15.4. The lowest BCUT2D eigenvalue weighted by Crippen LogP contribution is -2.40. The van der Waals surface area contributed by atoms with Gasteiger partial charge in [-0.05, 0) is 31.0 Å². The number of hydrogen-bond acceptors (Lipinski definition) is 4. The molecule has 24 heavy (non-hydrogen) atoms. The Morgan fingerprint density at radius 1 is 1.33 bits per heavy atom. The SMILES string of the molecule is Cc1ccc(NC(=O)C2CC2(Cl)Cl)cc1S(=O)(=O)N1CCOCC1. The minimum Gasteiger partial charge on any atom is -0.379 e. The minimum atomic E-state index is -3.63. The first-order valence-corrected chi connectivity index (χ1v) is 9.79. The van der Waals surface area contributed by atoms with E-state index in [2.05, 4.69) is 5.32 Å². The van der Waals surface area contributed by atoms with Crippen molar-refractivity contribution in [3.63, 3.8) is 0 Å². The molecule has 1 saturated heterocycles. The number of alkyl halides is 2. The summed E-state index contributed by atoms with van der Waals surface area (Å²) in [4.78, 5) is 12.3. The zero-order valence-electron chi connectivity index (χ0n) is 13.1. The van der Waals surface area contributed by atoms with E-state index in [1.165, 1.54) is 10.4 Å². The maximum atomic E-state index is 12.8. The third-order valence-corrected chi connectivity index (χ3v) is 7.06. The highest BCUT2D eigenvalue weighted by atomic mass is 35.5. The summed E-state index contributed by atoms with van der Waals surface area (Å²) < 4.78 is 31.2. The van der Waals surface area contributed by atoms with Gasteiger partial charge in [-0.25, -0.2) is 8.42 Å². The van der Waals surface area contributed by atoms with Gasteiger partial charge in [-0.15, -0.1) is 23.2 Å². The number of carbonyl (C=O) groups is 1. The van der Waals surface area contributed by atoms with Crippen LogP contribution in [-0.2, 0) is 19.6 Å². The average molecular weight is 393 g/mol. The summed E-state index contributed by atoms with van der Waals surface area (Å²) in [6.07, 6.45) is 0.396. The molecule has 6 nitrogen and oxygen atoms in total.